The number of nitrogens with one attached hydrogen (secondary N) is 2. The van der Waals surface area contributed by atoms with Gasteiger partial charge in [-0.3, -0.25) is 9.89 Å². The van der Waals surface area contributed by atoms with Crippen molar-refractivity contribution in [1.82, 2.24) is 30.0 Å². The maximum atomic E-state index is 4.92. The van der Waals surface area contributed by atoms with Crippen LogP contribution in [0.5, 0.6) is 0 Å². The summed E-state index contributed by atoms with van der Waals surface area (Å²) in [5.74, 6) is 1.86. The molecule has 1 atom stereocenters. The molecule has 1 aliphatic rings. The molecule has 2 heterocycles. The van der Waals surface area contributed by atoms with E-state index in [4.69, 9.17) is 4.99 Å². The molecule has 1 aromatic carbocycles. The van der Waals surface area contributed by atoms with Gasteiger partial charge < -0.3 is 20.1 Å². The van der Waals surface area contributed by atoms with E-state index in [0.29, 0.717) is 12.6 Å². The summed E-state index contributed by atoms with van der Waals surface area (Å²) >= 11 is 0. The molecular formula is C23H37N7. The number of likely N-dealkylation sites (N-methyl/N-ethyl adjacent to an activating group) is 1. The Morgan fingerprint density at radius 3 is 2.60 bits per heavy atom. The highest BCUT2D eigenvalue weighted by Gasteiger charge is 2.20. The summed E-state index contributed by atoms with van der Waals surface area (Å²) in [5, 5.41) is 3.42. The second-order valence-corrected chi connectivity index (χ2v) is 7.98. The highest BCUT2D eigenvalue weighted by atomic mass is 15.3. The molecule has 0 spiro atoms. The lowest BCUT2D eigenvalue weighted by atomic mass is 10.2. The first-order valence-electron chi connectivity index (χ1n) is 11.2. The number of aliphatic imine (C=N–C) groups is 1. The van der Waals surface area contributed by atoms with Gasteiger partial charge >= 0.3 is 0 Å². The lowest BCUT2D eigenvalue weighted by molar-refractivity contribution is 0.109. The molecule has 30 heavy (non-hydrogen) atoms. The molecule has 1 aliphatic heterocycles. The minimum Gasteiger partial charge on any atom is -0.357 e. The topological polar surface area (TPSA) is 62.8 Å². The predicted octanol–water partition coefficient (Wildman–Crippen LogP) is 2.50. The summed E-state index contributed by atoms with van der Waals surface area (Å²) < 4.78 is 0. The molecule has 1 aromatic heterocycles. The van der Waals surface area contributed by atoms with E-state index in [9.17, 15) is 0 Å². The Morgan fingerprint density at radius 2 is 1.93 bits per heavy atom. The number of imidazole rings is 1. The Morgan fingerprint density at radius 1 is 1.20 bits per heavy atom. The zero-order valence-electron chi connectivity index (χ0n) is 18.9. The molecule has 3 rings (SSSR count). The average Bonchev–Trinajstić information content (AvgIpc) is 3.25. The first-order valence-corrected chi connectivity index (χ1v) is 11.2. The van der Waals surface area contributed by atoms with Crippen LogP contribution in [0.2, 0.25) is 0 Å². The van der Waals surface area contributed by atoms with Gasteiger partial charge in [0, 0.05) is 45.8 Å². The van der Waals surface area contributed by atoms with Gasteiger partial charge in [0.15, 0.2) is 5.96 Å². The number of guanidine groups is 1. The van der Waals surface area contributed by atoms with E-state index in [2.05, 4.69) is 69.9 Å². The first-order chi connectivity index (χ1) is 14.6. The van der Waals surface area contributed by atoms with Crippen molar-refractivity contribution in [2.75, 3.05) is 52.9 Å². The average molecular weight is 412 g/mol. The van der Waals surface area contributed by atoms with E-state index < -0.39 is 0 Å². The molecule has 0 radical (unpaired) electrons. The quantitative estimate of drug-likeness (QED) is 0.516. The van der Waals surface area contributed by atoms with Crippen LogP contribution in [0.15, 0.2) is 41.5 Å². The Hall–Kier alpha value is -2.38. The minimum atomic E-state index is 0.444. The van der Waals surface area contributed by atoms with Crippen molar-refractivity contribution in [3.8, 4) is 11.3 Å². The zero-order chi connectivity index (χ0) is 21.3. The Labute approximate surface area is 181 Å². The number of piperazine rings is 1. The van der Waals surface area contributed by atoms with Crippen LogP contribution >= 0.6 is 0 Å². The molecule has 1 unspecified atom stereocenters. The number of rotatable bonds is 8. The number of benzene rings is 1. The largest absolute Gasteiger partial charge is 0.357 e. The van der Waals surface area contributed by atoms with Gasteiger partial charge in [0.1, 0.15) is 5.82 Å². The summed E-state index contributed by atoms with van der Waals surface area (Å²) in [7, 11) is 2.07. The molecule has 164 valence electrons. The maximum Gasteiger partial charge on any atom is 0.194 e. The fourth-order valence-electron chi connectivity index (χ4n) is 3.83. The molecule has 0 aliphatic carbocycles. The van der Waals surface area contributed by atoms with Crippen LogP contribution in [0.3, 0.4) is 0 Å². The number of nitrogens with zero attached hydrogens (tertiary/aromatic N) is 5. The molecule has 1 fully saturated rings. The van der Waals surface area contributed by atoms with E-state index in [-0.39, 0.29) is 0 Å². The van der Waals surface area contributed by atoms with Crippen molar-refractivity contribution < 1.29 is 0 Å². The van der Waals surface area contributed by atoms with Gasteiger partial charge in [0.2, 0.25) is 0 Å². The Kier molecular flexibility index (Phi) is 8.28. The smallest absolute Gasteiger partial charge is 0.194 e. The molecule has 0 amide bonds. The fraction of sp³-hybridized carbons (Fsp3) is 0.565. The van der Waals surface area contributed by atoms with Crippen LogP contribution < -0.4 is 5.32 Å². The summed E-state index contributed by atoms with van der Waals surface area (Å²) in [6, 6.07) is 10.7. The second kappa shape index (κ2) is 11.1. The Balaban J connectivity index is 1.57. The van der Waals surface area contributed by atoms with Crippen LogP contribution in [0.4, 0.5) is 0 Å². The van der Waals surface area contributed by atoms with Crippen LogP contribution in [-0.4, -0.2) is 89.5 Å². The monoisotopic (exact) mass is 411 g/mol. The second-order valence-electron chi connectivity index (χ2n) is 7.98. The number of H-pyrrole nitrogens is 1. The highest BCUT2D eigenvalue weighted by molar-refractivity contribution is 5.79. The van der Waals surface area contributed by atoms with Gasteiger partial charge in [-0.2, -0.15) is 0 Å². The van der Waals surface area contributed by atoms with E-state index in [0.717, 1.165) is 68.9 Å². The van der Waals surface area contributed by atoms with Gasteiger partial charge in [-0.1, -0.05) is 37.3 Å². The molecule has 1 saturated heterocycles. The van der Waals surface area contributed by atoms with Crippen molar-refractivity contribution in [3.05, 3.63) is 42.4 Å². The van der Waals surface area contributed by atoms with E-state index in [1.165, 1.54) is 0 Å². The standard InChI is InChI=1S/C23H37N7/c1-5-24-23(26-16-19(3)30-14-12-29(6-2)13-15-30)28(4)18-22-25-17-21(27-22)20-10-8-7-9-11-20/h7-11,17,19H,5-6,12-16,18H2,1-4H3,(H,24,26)(H,25,27). The maximum absolute atomic E-state index is 4.92. The molecule has 2 N–H and O–H groups in total. The van der Waals surface area contributed by atoms with Gasteiger partial charge in [-0.05, 0) is 26.0 Å². The number of aromatic amines is 1. The van der Waals surface area contributed by atoms with Crippen molar-refractivity contribution in [1.29, 1.82) is 0 Å². The van der Waals surface area contributed by atoms with E-state index in [1.54, 1.807) is 0 Å². The molecule has 0 saturated carbocycles. The summed E-state index contributed by atoms with van der Waals surface area (Å²) in [5.41, 5.74) is 2.19. The molecular weight excluding hydrogens is 374 g/mol. The third kappa shape index (κ3) is 6.06. The van der Waals surface area contributed by atoms with Crippen molar-refractivity contribution in [3.63, 3.8) is 0 Å². The zero-order valence-corrected chi connectivity index (χ0v) is 18.9. The molecule has 0 bridgehead atoms. The van der Waals surface area contributed by atoms with Crippen molar-refractivity contribution in [2.45, 2.75) is 33.4 Å². The first kappa shape index (κ1) is 22.3. The highest BCUT2D eigenvalue weighted by Crippen LogP contribution is 2.16. The molecule has 2 aromatic rings. The summed E-state index contributed by atoms with van der Waals surface area (Å²) in [6.07, 6.45) is 1.90. The predicted molar refractivity (Wildman–Crippen MR) is 125 cm³/mol. The Bertz CT molecular complexity index is 778. The fourth-order valence-corrected chi connectivity index (χ4v) is 3.83. The lowest BCUT2D eigenvalue weighted by Gasteiger charge is -2.37. The van der Waals surface area contributed by atoms with Gasteiger partial charge in [-0.25, -0.2) is 4.98 Å². The minimum absolute atomic E-state index is 0.444. The van der Waals surface area contributed by atoms with Gasteiger partial charge in [0.05, 0.1) is 25.0 Å². The third-order valence-electron chi connectivity index (χ3n) is 5.78. The van der Waals surface area contributed by atoms with E-state index >= 15 is 0 Å². The van der Waals surface area contributed by atoms with Gasteiger partial charge in [0.25, 0.3) is 0 Å². The number of aromatic nitrogens is 2. The third-order valence-corrected chi connectivity index (χ3v) is 5.78. The van der Waals surface area contributed by atoms with Crippen LogP contribution in [0, 0.1) is 0 Å². The number of hydrogen-bond donors (Lipinski definition) is 2. The molecule has 7 heteroatoms. The normalized spacial score (nSPS) is 17.1. The van der Waals surface area contributed by atoms with E-state index in [1.807, 2.05) is 24.4 Å². The van der Waals surface area contributed by atoms with Gasteiger partial charge in [-0.15, -0.1) is 0 Å². The van der Waals surface area contributed by atoms with Crippen molar-refractivity contribution >= 4 is 5.96 Å². The lowest BCUT2D eigenvalue weighted by Crippen LogP contribution is -2.50. The summed E-state index contributed by atoms with van der Waals surface area (Å²) in [6.45, 7) is 14.7. The number of hydrogen-bond acceptors (Lipinski definition) is 4. The van der Waals surface area contributed by atoms with Crippen molar-refractivity contribution in [2.24, 2.45) is 4.99 Å². The molecule has 7 nitrogen and oxygen atoms in total. The van der Waals surface area contributed by atoms with Crippen LogP contribution in [0.25, 0.3) is 11.3 Å². The van der Waals surface area contributed by atoms with Crippen LogP contribution in [0.1, 0.15) is 26.6 Å². The van der Waals surface area contributed by atoms with Crippen LogP contribution in [-0.2, 0) is 6.54 Å². The summed E-state index contributed by atoms with van der Waals surface area (Å²) in [4.78, 5) is 20.1. The SMILES string of the molecule is CCNC(=NCC(C)N1CCN(CC)CC1)N(C)Cc1ncc(-c2ccccc2)[nH]1.